The molecule has 0 aliphatic heterocycles. The maximum atomic E-state index is 4.77. The van der Waals surface area contributed by atoms with E-state index >= 15 is 0 Å². The summed E-state index contributed by atoms with van der Waals surface area (Å²) < 4.78 is 0. The number of aromatic nitrogens is 4. The molecule has 0 aliphatic rings. The number of benzene rings is 5. The largest absolute Gasteiger partial charge is 0.277 e. The van der Waals surface area contributed by atoms with E-state index in [1.807, 2.05) is 24.3 Å². The van der Waals surface area contributed by atoms with Gasteiger partial charge in [-0.1, -0.05) is 146 Å². The third-order valence-electron chi connectivity index (χ3n) is 7.74. The van der Waals surface area contributed by atoms with Crippen LogP contribution in [0.1, 0.15) is 22.3 Å². The van der Waals surface area contributed by atoms with E-state index in [0.717, 1.165) is 57.9 Å². The fraction of sp³-hybridized carbons (Fsp3) is 0.0526. The minimum Gasteiger partial charge on any atom is -0.277 e. The van der Waals surface area contributed by atoms with Crippen molar-refractivity contribution in [3.8, 4) is 45.0 Å². The van der Waals surface area contributed by atoms with E-state index < -0.39 is 0 Å². The summed E-state index contributed by atoms with van der Waals surface area (Å²) in [6.45, 7) is 0. The van der Waals surface area contributed by atoms with E-state index in [-0.39, 0.29) is 0 Å². The second kappa shape index (κ2) is 11.6. The molecule has 0 aliphatic carbocycles. The monoisotopic (exact) mass is 542 g/mol. The van der Waals surface area contributed by atoms with E-state index in [0.29, 0.717) is 0 Å². The van der Waals surface area contributed by atoms with E-state index in [1.54, 1.807) is 0 Å². The van der Waals surface area contributed by atoms with Crippen LogP contribution in [0.5, 0.6) is 0 Å². The van der Waals surface area contributed by atoms with Gasteiger partial charge in [-0.3, -0.25) is 10.2 Å². The Morgan fingerprint density at radius 2 is 0.667 bits per heavy atom. The topological polar surface area (TPSA) is 57.4 Å². The molecular weight excluding hydrogens is 512 g/mol. The van der Waals surface area contributed by atoms with Crippen LogP contribution in [0.2, 0.25) is 0 Å². The molecule has 202 valence electrons. The van der Waals surface area contributed by atoms with Gasteiger partial charge in [0.1, 0.15) is 0 Å². The van der Waals surface area contributed by atoms with Gasteiger partial charge in [-0.15, -0.1) is 0 Å². The second-order valence-corrected chi connectivity index (χ2v) is 10.5. The van der Waals surface area contributed by atoms with Crippen LogP contribution >= 0.6 is 0 Å². The Morgan fingerprint density at radius 1 is 0.357 bits per heavy atom. The van der Waals surface area contributed by atoms with Gasteiger partial charge in [0.15, 0.2) is 0 Å². The summed E-state index contributed by atoms with van der Waals surface area (Å²) in [7, 11) is 0. The minimum atomic E-state index is 0.779. The summed E-state index contributed by atoms with van der Waals surface area (Å²) in [5.74, 6) is 0. The zero-order chi connectivity index (χ0) is 28.1. The Balaban J connectivity index is 1.22. The van der Waals surface area contributed by atoms with Crippen molar-refractivity contribution >= 4 is 0 Å². The van der Waals surface area contributed by atoms with Gasteiger partial charge < -0.3 is 0 Å². The van der Waals surface area contributed by atoms with Crippen LogP contribution < -0.4 is 0 Å². The summed E-state index contributed by atoms with van der Waals surface area (Å²) >= 11 is 0. The number of H-pyrrole nitrogens is 2. The first-order chi connectivity index (χ1) is 20.8. The van der Waals surface area contributed by atoms with Crippen LogP contribution in [0.15, 0.2) is 146 Å². The highest BCUT2D eigenvalue weighted by Crippen LogP contribution is 2.34. The van der Waals surface area contributed by atoms with Crippen LogP contribution in [0.3, 0.4) is 0 Å². The van der Waals surface area contributed by atoms with Crippen LogP contribution in [-0.2, 0) is 12.8 Å². The van der Waals surface area contributed by atoms with Crippen molar-refractivity contribution < 1.29 is 0 Å². The number of hydrogen-bond donors (Lipinski definition) is 2. The zero-order valence-corrected chi connectivity index (χ0v) is 23.2. The van der Waals surface area contributed by atoms with Crippen LogP contribution in [-0.4, -0.2) is 20.4 Å². The first-order valence-electron chi connectivity index (χ1n) is 14.3. The number of nitrogens with zero attached hydrogens (tertiary/aromatic N) is 2. The lowest BCUT2D eigenvalue weighted by atomic mass is 9.93. The average molecular weight is 543 g/mol. The van der Waals surface area contributed by atoms with Gasteiger partial charge in [0, 0.05) is 35.1 Å². The highest BCUT2D eigenvalue weighted by molar-refractivity contribution is 5.76. The number of nitrogens with one attached hydrogen (secondary N) is 2. The van der Waals surface area contributed by atoms with Crippen molar-refractivity contribution in [3.05, 3.63) is 168 Å². The fourth-order valence-corrected chi connectivity index (χ4v) is 5.61. The molecule has 0 radical (unpaired) electrons. The number of hydrogen-bond acceptors (Lipinski definition) is 2. The molecule has 7 rings (SSSR count). The maximum Gasteiger partial charge on any atom is 0.0962 e. The maximum absolute atomic E-state index is 4.77. The third kappa shape index (κ3) is 5.18. The van der Waals surface area contributed by atoms with Crippen LogP contribution in [0.25, 0.3) is 45.0 Å². The lowest BCUT2D eigenvalue weighted by molar-refractivity contribution is 1.10. The van der Waals surface area contributed by atoms with E-state index in [4.69, 9.17) is 10.2 Å². The molecule has 0 saturated carbocycles. The Labute approximate surface area is 245 Å². The minimum absolute atomic E-state index is 0.779. The third-order valence-corrected chi connectivity index (χ3v) is 7.74. The summed E-state index contributed by atoms with van der Waals surface area (Å²) in [5, 5.41) is 16.2. The average Bonchev–Trinajstić information content (AvgIpc) is 3.68. The lowest BCUT2D eigenvalue weighted by Gasteiger charge is -2.10. The molecule has 4 heteroatoms. The van der Waals surface area contributed by atoms with Crippen molar-refractivity contribution in [2.45, 2.75) is 12.8 Å². The second-order valence-electron chi connectivity index (χ2n) is 10.5. The molecule has 0 atom stereocenters. The SMILES string of the molecule is c1ccc(-c2n[nH]c(-c3ccccc3)c2Cc2ccc(Cc3c(-c4ccccc4)n[nH]c3-c3ccccc3)cc2)cc1. The first kappa shape index (κ1) is 25.5. The molecule has 7 aromatic rings. The van der Waals surface area contributed by atoms with Gasteiger partial charge in [0.2, 0.25) is 0 Å². The molecule has 2 heterocycles. The Hall–Kier alpha value is -5.48. The van der Waals surface area contributed by atoms with Crippen molar-refractivity contribution in [1.82, 2.24) is 20.4 Å². The van der Waals surface area contributed by atoms with Gasteiger partial charge >= 0.3 is 0 Å². The predicted molar refractivity (Wildman–Crippen MR) is 171 cm³/mol. The van der Waals surface area contributed by atoms with Crippen LogP contribution in [0.4, 0.5) is 0 Å². The van der Waals surface area contributed by atoms with E-state index in [1.165, 1.54) is 22.3 Å². The Bertz CT molecular complexity index is 1630. The van der Waals surface area contributed by atoms with Crippen molar-refractivity contribution in [1.29, 1.82) is 0 Å². The Morgan fingerprint density at radius 3 is 1.00 bits per heavy atom. The zero-order valence-electron chi connectivity index (χ0n) is 23.2. The summed E-state index contributed by atoms with van der Waals surface area (Å²) in [6.07, 6.45) is 1.56. The summed E-state index contributed by atoms with van der Waals surface area (Å²) in [6, 6.07) is 50.7. The molecule has 0 amide bonds. The van der Waals surface area contributed by atoms with Crippen molar-refractivity contribution in [3.63, 3.8) is 0 Å². The molecule has 2 aromatic heterocycles. The molecule has 2 N–H and O–H groups in total. The molecule has 0 fully saturated rings. The number of rotatable bonds is 8. The lowest BCUT2D eigenvalue weighted by Crippen LogP contribution is -1.96. The molecule has 4 nitrogen and oxygen atoms in total. The smallest absolute Gasteiger partial charge is 0.0962 e. The predicted octanol–water partition coefficient (Wildman–Crippen LogP) is 8.98. The molecular formula is C38H30N4. The molecule has 42 heavy (non-hydrogen) atoms. The van der Waals surface area contributed by atoms with Crippen molar-refractivity contribution in [2.24, 2.45) is 0 Å². The molecule has 0 spiro atoms. The van der Waals surface area contributed by atoms with Gasteiger partial charge in [-0.2, -0.15) is 10.2 Å². The fourth-order valence-electron chi connectivity index (χ4n) is 5.61. The van der Waals surface area contributed by atoms with E-state index in [9.17, 15) is 0 Å². The molecule has 0 saturated heterocycles. The quantitative estimate of drug-likeness (QED) is 0.201. The van der Waals surface area contributed by atoms with Gasteiger partial charge in [-0.05, 0) is 22.3 Å². The standard InChI is InChI=1S/C38H30N4/c1-5-13-29(14-6-1)35-33(36(40-39-35)30-15-7-2-8-16-30)25-27-21-23-28(24-22-27)26-34-37(31-17-9-3-10-18-31)41-42-38(34)32-19-11-4-12-20-32/h1-24H,25-26H2,(H,39,40)(H,41,42). The van der Waals surface area contributed by atoms with E-state index in [2.05, 4.69) is 132 Å². The normalized spacial score (nSPS) is 11.0. The summed E-state index contributed by atoms with van der Waals surface area (Å²) in [4.78, 5) is 0. The first-order valence-corrected chi connectivity index (χ1v) is 14.3. The number of aromatic amines is 2. The highest BCUT2D eigenvalue weighted by Gasteiger charge is 2.19. The van der Waals surface area contributed by atoms with Gasteiger partial charge in [0.25, 0.3) is 0 Å². The van der Waals surface area contributed by atoms with Gasteiger partial charge in [0.05, 0.1) is 22.8 Å². The Kier molecular flexibility index (Phi) is 7.01. The van der Waals surface area contributed by atoms with Crippen molar-refractivity contribution in [2.75, 3.05) is 0 Å². The van der Waals surface area contributed by atoms with Gasteiger partial charge in [-0.25, -0.2) is 0 Å². The molecule has 5 aromatic carbocycles. The molecule has 0 unspecified atom stereocenters. The molecule has 0 bridgehead atoms. The summed E-state index contributed by atoms with van der Waals surface area (Å²) in [5.41, 5.74) is 13.5. The highest BCUT2D eigenvalue weighted by atomic mass is 15.1. The van der Waals surface area contributed by atoms with Crippen LogP contribution in [0, 0.1) is 0 Å².